The molecule has 2 saturated carbocycles. The Balaban J connectivity index is 1.27. The van der Waals surface area contributed by atoms with Crippen molar-refractivity contribution in [2.24, 2.45) is 5.92 Å². The van der Waals surface area contributed by atoms with Crippen LogP contribution in [-0.4, -0.2) is 58.6 Å². The van der Waals surface area contributed by atoms with Crippen LogP contribution in [0.15, 0.2) is 18.5 Å². The number of carbonyl (C=O) groups excluding carboxylic acids is 1. The Morgan fingerprint density at radius 3 is 2.96 bits per heavy atom. The van der Waals surface area contributed by atoms with Crippen LogP contribution in [0.2, 0.25) is 0 Å². The molecule has 3 aliphatic rings. The minimum absolute atomic E-state index is 0.0625. The monoisotopic (exact) mass is 333 g/mol. The van der Waals surface area contributed by atoms with Gasteiger partial charge in [-0.15, -0.1) is 0 Å². The fraction of sp³-hybridized carbons (Fsp3) is 0.778. The average Bonchev–Trinajstić information content (AvgIpc) is 3.19. The number of nitrogens with zero attached hydrogens (tertiary/aromatic N) is 3. The summed E-state index contributed by atoms with van der Waals surface area (Å²) in [7, 11) is 0. The van der Waals surface area contributed by atoms with Gasteiger partial charge >= 0.3 is 0 Å². The largest absolute Gasteiger partial charge is 0.375 e. The second-order valence-electron chi connectivity index (χ2n) is 7.17. The molecule has 4 rings (SSSR count). The van der Waals surface area contributed by atoms with Gasteiger partial charge in [0.1, 0.15) is 6.10 Å². The molecule has 0 radical (unpaired) electrons. The van der Waals surface area contributed by atoms with Crippen LogP contribution in [0.5, 0.6) is 0 Å². The highest BCUT2D eigenvalue weighted by Crippen LogP contribution is 2.36. The minimum atomic E-state index is 0.0625. The Labute approximate surface area is 143 Å². The fourth-order valence-electron chi connectivity index (χ4n) is 4.15. The SMILES string of the molecule is O=C(C1CCC1)N1CCO[C@H]2[C@H](OCCCn3cccn3)CC[C@@H]21. The van der Waals surface area contributed by atoms with Gasteiger partial charge in [-0.1, -0.05) is 6.42 Å². The van der Waals surface area contributed by atoms with Gasteiger partial charge in [0.25, 0.3) is 0 Å². The predicted octanol–water partition coefficient (Wildman–Crippen LogP) is 1.85. The Hall–Kier alpha value is -1.40. The number of hydrogen-bond donors (Lipinski definition) is 0. The first-order chi connectivity index (χ1) is 11.8. The Bertz CT molecular complexity index is 544. The lowest BCUT2D eigenvalue weighted by molar-refractivity contribution is -0.157. The van der Waals surface area contributed by atoms with E-state index in [-0.39, 0.29) is 24.2 Å². The standard InChI is InChI=1S/C18H27N3O3/c22-18(14-4-1-5-14)21-11-13-24-17-15(21)6-7-16(17)23-12-3-10-20-9-2-8-19-20/h2,8-9,14-17H,1,3-7,10-13H2/t15-,16+,17+/m0/s1. The molecule has 1 amide bonds. The number of amides is 1. The van der Waals surface area contributed by atoms with Gasteiger partial charge in [-0.05, 0) is 38.2 Å². The molecule has 3 atom stereocenters. The molecule has 0 unspecified atom stereocenters. The van der Waals surface area contributed by atoms with E-state index in [0.29, 0.717) is 19.1 Å². The normalized spacial score (nSPS) is 30.2. The molecule has 0 bridgehead atoms. The summed E-state index contributed by atoms with van der Waals surface area (Å²) in [5.74, 6) is 0.636. The van der Waals surface area contributed by atoms with Crippen molar-refractivity contribution in [1.29, 1.82) is 0 Å². The zero-order valence-electron chi connectivity index (χ0n) is 14.2. The Kier molecular flexibility index (Phi) is 4.85. The number of aryl methyl sites for hydroxylation is 1. The van der Waals surface area contributed by atoms with E-state index in [1.165, 1.54) is 6.42 Å². The summed E-state index contributed by atoms with van der Waals surface area (Å²) < 4.78 is 14.0. The lowest BCUT2D eigenvalue weighted by atomic mass is 9.84. The predicted molar refractivity (Wildman–Crippen MR) is 88.4 cm³/mol. The van der Waals surface area contributed by atoms with Crippen LogP contribution < -0.4 is 0 Å². The van der Waals surface area contributed by atoms with Crippen LogP contribution in [0.3, 0.4) is 0 Å². The Morgan fingerprint density at radius 2 is 2.21 bits per heavy atom. The number of ether oxygens (including phenoxy) is 2. The van der Waals surface area contributed by atoms with Crippen molar-refractivity contribution in [2.45, 2.75) is 63.3 Å². The van der Waals surface area contributed by atoms with Crippen LogP contribution in [0.4, 0.5) is 0 Å². The summed E-state index contributed by atoms with van der Waals surface area (Å²) in [5, 5.41) is 4.20. The van der Waals surface area contributed by atoms with Crippen molar-refractivity contribution in [1.82, 2.24) is 14.7 Å². The van der Waals surface area contributed by atoms with E-state index >= 15 is 0 Å². The molecule has 0 aromatic carbocycles. The van der Waals surface area contributed by atoms with Crippen LogP contribution in [0, 0.1) is 5.92 Å². The van der Waals surface area contributed by atoms with Gasteiger partial charge in [0.05, 0.1) is 18.8 Å². The summed E-state index contributed by atoms with van der Waals surface area (Å²) in [5.41, 5.74) is 0. The zero-order chi connectivity index (χ0) is 16.4. The highest BCUT2D eigenvalue weighted by molar-refractivity contribution is 5.80. The molecule has 0 N–H and O–H groups in total. The van der Waals surface area contributed by atoms with Crippen LogP contribution >= 0.6 is 0 Å². The smallest absolute Gasteiger partial charge is 0.226 e. The zero-order valence-corrected chi connectivity index (χ0v) is 14.2. The molecule has 132 valence electrons. The van der Waals surface area contributed by atoms with E-state index in [0.717, 1.165) is 45.2 Å². The molecule has 24 heavy (non-hydrogen) atoms. The molecule has 1 aromatic heterocycles. The molecular formula is C18H27N3O3. The van der Waals surface area contributed by atoms with Crippen LogP contribution in [0.25, 0.3) is 0 Å². The molecule has 3 fully saturated rings. The maximum Gasteiger partial charge on any atom is 0.226 e. The third-order valence-electron chi connectivity index (χ3n) is 5.70. The molecule has 0 spiro atoms. The van der Waals surface area contributed by atoms with Crippen molar-refractivity contribution < 1.29 is 14.3 Å². The molecule has 6 heteroatoms. The quantitative estimate of drug-likeness (QED) is 0.746. The van der Waals surface area contributed by atoms with E-state index < -0.39 is 0 Å². The van der Waals surface area contributed by atoms with E-state index in [9.17, 15) is 4.79 Å². The summed E-state index contributed by atoms with van der Waals surface area (Å²) in [4.78, 5) is 14.7. The maximum absolute atomic E-state index is 12.6. The van der Waals surface area contributed by atoms with Gasteiger partial charge in [-0.3, -0.25) is 9.48 Å². The molecule has 1 aromatic rings. The minimum Gasteiger partial charge on any atom is -0.375 e. The van der Waals surface area contributed by atoms with Crippen LogP contribution in [0.1, 0.15) is 38.5 Å². The second kappa shape index (κ2) is 7.23. The first kappa shape index (κ1) is 16.1. The first-order valence-corrected chi connectivity index (χ1v) is 9.34. The van der Waals surface area contributed by atoms with Gasteiger partial charge in [0.15, 0.2) is 0 Å². The van der Waals surface area contributed by atoms with Crippen LogP contribution in [-0.2, 0) is 20.8 Å². The van der Waals surface area contributed by atoms with Crippen molar-refractivity contribution in [3.63, 3.8) is 0 Å². The molecule has 6 nitrogen and oxygen atoms in total. The number of hydrogen-bond acceptors (Lipinski definition) is 4. The van der Waals surface area contributed by atoms with E-state index in [4.69, 9.17) is 9.47 Å². The van der Waals surface area contributed by atoms with Gasteiger partial charge in [0, 0.05) is 38.0 Å². The van der Waals surface area contributed by atoms with Crippen molar-refractivity contribution >= 4 is 5.91 Å². The summed E-state index contributed by atoms with van der Waals surface area (Å²) >= 11 is 0. The number of aromatic nitrogens is 2. The summed E-state index contributed by atoms with van der Waals surface area (Å²) in [6.45, 7) is 2.99. The van der Waals surface area contributed by atoms with Crippen molar-refractivity contribution in [2.75, 3.05) is 19.8 Å². The second-order valence-corrected chi connectivity index (χ2v) is 7.17. The Morgan fingerprint density at radius 1 is 1.29 bits per heavy atom. The van der Waals surface area contributed by atoms with E-state index in [2.05, 4.69) is 10.00 Å². The summed E-state index contributed by atoms with van der Waals surface area (Å²) in [6, 6.07) is 2.16. The number of carbonyl (C=O) groups is 1. The number of fused-ring (bicyclic) bond motifs is 1. The average molecular weight is 333 g/mol. The molecule has 2 aliphatic carbocycles. The fourth-order valence-corrected chi connectivity index (χ4v) is 4.15. The van der Waals surface area contributed by atoms with E-state index in [1.807, 2.05) is 16.9 Å². The summed E-state index contributed by atoms with van der Waals surface area (Å²) in [6.07, 6.45) is 10.3. The highest BCUT2D eigenvalue weighted by Gasteiger charge is 2.46. The van der Waals surface area contributed by atoms with Gasteiger partial charge in [-0.25, -0.2) is 0 Å². The van der Waals surface area contributed by atoms with Gasteiger partial charge < -0.3 is 14.4 Å². The topological polar surface area (TPSA) is 56.6 Å². The third-order valence-corrected chi connectivity index (χ3v) is 5.70. The molecule has 1 aliphatic heterocycles. The lowest BCUT2D eigenvalue weighted by Crippen LogP contribution is -2.55. The number of morpholine rings is 1. The lowest BCUT2D eigenvalue weighted by Gasteiger charge is -2.42. The third kappa shape index (κ3) is 3.22. The van der Waals surface area contributed by atoms with Gasteiger partial charge in [0.2, 0.25) is 5.91 Å². The first-order valence-electron chi connectivity index (χ1n) is 9.34. The molecular weight excluding hydrogens is 306 g/mol. The molecule has 1 saturated heterocycles. The number of rotatable bonds is 6. The van der Waals surface area contributed by atoms with Crippen molar-refractivity contribution in [3.05, 3.63) is 18.5 Å². The highest BCUT2D eigenvalue weighted by atomic mass is 16.5. The van der Waals surface area contributed by atoms with Crippen molar-refractivity contribution in [3.8, 4) is 0 Å². The van der Waals surface area contributed by atoms with E-state index in [1.54, 1.807) is 6.20 Å². The maximum atomic E-state index is 12.6. The molecule has 2 heterocycles. The van der Waals surface area contributed by atoms with Gasteiger partial charge in [-0.2, -0.15) is 5.10 Å².